The van der Waals surface area contributed by atoms with Gasteiger partial charge in [0, 0.05) is 26.2 Å². The predicted octanol–water partition coefficient (Wildman–Crippen LogP) is 1.39. The fraction of sp³-hybridized carbons (Fsp3) is 0.923. The normalized spacial score (nSPS) is 19.4. The van der Waals surface area contributed by atoms with Crippen LogP contribution in [0, 0.1) is 5.92 Å². The Morgan fingerprint density at radius 1 is 1.41 bits per heavy atom. The quantitative estimate of drug-likeness (QED) is 0.765. The van der Waals surface area contributed by atoms with Gasteiger partial charge in [0.25, 0.3) is 0 Å². The lowest BCUT2D eigenvalue weighted by molar-refractivity contribution is -0.138. The van der Waals surface area contributed by atoms with E-state index in [2.05, 4.69) is 6.92 Å². The smallest absolute Gasteiger partial charge is 0.226 e. The molecule has 1 aliphatic rings. The number of amides is 1. The van der Waals surface area contributed by atoms with Crippen LogP contribution in [-0.2, 0) is 9.53 Å². The van der Waals surface area contributed by atoms with Crippen LogP contribution in [0.1, 0.15) is 39.5 Å². The van der Waals surface area contributed by atoms with Crippen molar-refractivity contribution in [2.24, 2.45) is 11.7 Å². The Balaban J connectivity index is 2.39. The molecule has 1 aliphatic heterocycles. The number of likely N-dealkylation sites (tertiary alicyclic amines) is 1. The number of nitrogens with zero attached hydrogens (tertiary/aromatic N) is 1. The van der Waals surface area contributed by atoms with E-state index in [4.69, 9.17) is 10.5 Å². The largest absolute Gasteiger partial charge is 0.378 e. The summed E-state index contributed by atoms with van der Waals surface area (Å²) in [5.74, 6) is 0.257. The molecule has 1 saturated heterocycles. The molecule has 0 aliphatic carbocycles. The Morgan fingerprint density at radius 3 is 2.53 bits per heavy atom. The van der Waals surface area contributed by atoms with Crippen molar-refractivity contribution in [2.75, 3.05) is 26.2 Å². The fourth-order valence-electron chi connectivity index (χ4n) is 2.43. The number of carbonyl (C=O) groups excluding carboxylic acids is 1. The minimum Gasteiger partial charge on any atom is -0.378 e. The molecule has 1 rings (SSSR count). The first-order chi connectivity index (χ1) is 8.22. The molecule has 1 fully saturated rings. The van der Waals surface area contributed by atoms with Gasteiger partial charge in [0.15, 0.2) is 0 Å². The summed E-state index contributed by atoms with van der Waals surface area (Å²) in [6.07, 6.45) is 4.18. The molecule has 0 aromatic heterocycles. The topological polar surface area (TPSA) is 55.6 Å². The van der Waals surface area contributed by atoms with Gasteiger partial charge in [-0.2, -0.15) is 0 Å². The SMILES string of the molecule is CCCC(CN)C(=O)N1CCC(OCC)CC1. The number of carbonyl (C=O) groups is 1. The van der Waals surface area contributed by atoms with E-state index in [1.807, 2.05) is 11.8 Å². The minimum absolute atomic E-state index is 0.0173. The van der Waals surface area contributed by atoms with Crippen LogP contribution in [0.4, 0.5) is 0 Å². The van der Waals surface area contributed by atoms with E-state index in [1.165, 1.54) is 0 Å². The van der Waals surface area contributed by atoms with Crippen molar-refractivity contribution in [3.05, 3.63) is 0 Å². The van der Waals surface area contributed by atoms with Crippen molar-refractivity contribution in [1.29, 1.82) is 0 Å². The summed E-state index contributed by atoms with van der Waals surface area (Å²) in [7, 11) is 0. The molecule has 0 saturated carbocycles. The van der Waals surface area contributed by atoms with E-state index in [1.54, 1.807) is 0 Å². The summed E-state index contributed by atoms with van der Waals surface area (Å²) in [5.41, 5.74) is 5.67. The Hall–Kier alpha value is -0.610. The van der Waals surface area contributed by atoms with Crippen LogP contribution in [0.3, 0.4) is 0 Å². The van der Waals surface area contributed by atoms with Gasteiger partial charge in [-0.3, -0.25) is 4.79 Å². The van der Waals surface area contributed by atoms with E-state index < -0.39 is 0 Å². The first kappa shape index (κ1) is 14.5. The standard InChI is InChI=1S/C13H26N2O2/c1-3-5-11(10-14)13(16)15-8-6-12(7-9-15)17-4-2/h11-12H,3-10,14H2,1-2H3. The first-order valence-electron chi connectivity index (χ1n) is 6.83. The molecular formula is C13H26N2O2. The summed E-state index contributed by atoms with van der Waals surface area (Å²) in [6, 6.07) is 0. The van der Waals surface area contributed by atoms with E-state index in [9.17, 15) is 4.79 Å². The molecule has 2 N–H and O–H groups in total. The molecule has 1 heterocycles. The van der Waals surface area contributed by atoms with Crippen LogP contribution in [0.15, 0.2) is 0 Å². The van der Waals surface area contributed by atoms with Crippen molar-refractivity contribution in [2.45, 2.75) is 45.6 Å². The second-order valence-electron chi connectivity index (χ2n) is 4.70. The van der Waals surface area contributed by atoms with Gasteiger partial charge in [-0.25, -0.2) is 0 Å². The molecule has 0 aromatic rings. The molecule has 0 spiro atoms. The van der Waals surface area contributed by atoms with Crippen LogP contribution in [0.5, 0.6) is 0 Å². The molecule has 0 bridgehead atoms. The molecule has 1 amide bonds. The number of piperidine rings is 1. The molecule has 4 nitrogen and oxygen atoms in total. The molecule has 1 unspecified atom stereocenters. The first-order valence-corrected chi connectivity index (χ1v) is 6.83. The van der Waals surface area contributed by atoms with Gasteiger partial charge in [0.2, 0.25) is 5.91 Å². The molecule has 4 heteroatoms. The molecule has 17 heavy (non-hydrogen) atoms. The number of hydrogen-bond donors (Lipinski definition) is 1. The molecule has 0 aromatic carbocycles. The van der Waals surface area contributed by atoms with E-state index in [0.29, 0.717) is 12.6 Å². The summed E-state index contributed by atoms with van der Waals surface area (Å²) in [5, 5.41) is 0. The summed E-state index contributed by atoms with van der Waals surface area (Å²) >= 11 is 0. The lowest BCUT2D eigenvalue weighted by Crippen LogP contribution is -2.45. The third-order valence-corrected chi connectivity index (χ3v) is 3.43. The summed E-state index contributed by atoms with van der Waals surface area (Å²) in [6.45, 7) is 6.99. The van der Waals surface area contributed by atoms with Crippen LogP contribution in [-0.4, -0.2) is 43.2 Å². The van der Waals surface area contributed by atoms with Gasteiger partial charge in [-0.05, 0) is 26.2 Å². The second-order valence-corrected chi connectivity index (χ2v) is 4.70. The third kappa shape index (κ3) is 4.28. The Kier molecular flexibility index (Phi) is 6.52. The average molecular weight is 242 g/mol. The maximum Gasteiger partial charge on any atom is 0.226 e. The van der Waals surface area contributed by atoms with E-state index in [0.717, 1.165) is 45.4 Å². The number of nitrogens with two attached hydrogens (primary N) is 1. The van der Waals surface area contributed by atoms with Crippen LogP contribution in [0.2, 0.25) is 0 Å². The Bertz CT molecular complexity index is 225. The highest BCUT2D eigenvalue weighted by atomic mass is 16.5. The highest BCUT2D eigenvalue weighted by Gasteiger charge is 2.27. The minimum atomic E-state index is 0.0173. The van der Waals surface area contributed by atoms with Gasteiger partial charge in [-0.1, -0.05) is 13.3 Å². The van der Waals surface area contributed by atoms with Crippen LogP contribution in [0.25, 0.3) is 0 Å². The zero-order valence-electron chi connectivity index (χ0n) is 11.2. The number of ether oxygens (including phenoxy) is 1. The van der Waals surface area contributed by atoms with Gasteiger partial charge >= 0.3 is 0 Å². The lowest BCUT2D eigenvalue weighted by atomic mass is 10.00. The predicted molar refractivity (Wildman–Crippen MR) is 68.7 cm³/mol. The maximum atomic E-state index is 12.2. The molecule has 1 atom stereocenters. The number of rotatable bonds is 6. The number of hydrogen-bond acceptors (Lipinski definition) is 3. The highest BCUT2D eigenvalue weighted by Crippen LogP contribution is 2.17. The zero-order valence-corrected chi connectivity index (χ0v) is 11.2. The van der Waals surface area contributed by atoms with Crippen molar-refractivity contribution >= 4 is 5.91 Å². The van der Waals surface area contributed by atoms with Gasteiger partial charge in [0.05, 0.1) is 12.0 Å². The second kappa shape index (κ2) is 7.67. The monoisotopic (exact) mass is 242 g/mol. The summed E-state index contributed by atoms with van der Waals surface area (Å²) in [4.78, 5) is 14.1. The van der Waals surface area contributed by atoms with E-state index in [-0.39, 0.29) is 11.8 Å². The Labute approximate surface area is 104 Å². The van der Waals surface area contributed by atoms with Crippen molar-refractivity contribution in [3.8, 4) is 0 Å². The lowest BCUT2D eigenvalue weighted by Gasteiger charge is -2.33. The van der Waals surface area contributed by atoms with Crippen molar-refractivity contribution in [3.63, 3.8) is 0 Å². The zero-order chi connectivity index (χ0) is 12.7. The van der Waals surface area contributed by atoms with Gasteiger partial charge < -0.3 is 15.4 Å². The molecule has 100 valence electrons. The average Bonchev–Trinajstić information content (AvgIpc) is 2.36. The Morgan fingerprint density at radius 2 is 2.06 bits per heavy atom. The van der Waals surface area contributed by atoms with Crippen LogP contribution < -0.4 is 5.73 Å². The van der Waals surface area contributed by atoms with Crippen molar-refractivity contribution in [1.82, 2.24) is 4.90 Å². The fourth-order valence-corrected chi connectivity index (χ4v) is 2.43. The van der Waals surface area contributed by atoms with Gasteiger partial charge in [0.1, 0.15) is 0 Å². The van der Waals surface area contributed by atoms with Crippen molar-refractivity contribution < 1.29 is 9.53 Å². The maximum absolute atomic E-state index is 12.2. The summed E-state index contributed by atoms with van der Waals surface area (Å²) < 4.78 is 5.58. The molecular weight excluding hydrogens is 216 g/mol. The third-order valence-electron chi connectivity index (χ3n) is 3.43. The molecule has 0 radical (unpaired) electrons. The highest BCUT2D eigenvalue weighted by molar-refractivity contribution is 5.79. The van der Waals surface area contributed by atoms with Crippen LogP contribution >= 0.6 is 0 Å². The van der Waals surface area contributed by atoms with Gasteiger partial charge in [-0.15, -0.1) is 0 Å². The van der Waals surface area contributed by atoms with E-state index >= 15 is 0 Å².